The molecule has 0 saturated heterocycles. The van der Waals surface area contributed by atoms with Crippen LogP contribution in [0.5, 0.6) is 0 Å². The van der Waals surface area contributed by atoms with Gasteiger partial charge in [0.15, 0.2) is 0 Å². The third-order valence-electron chi connectivity index (χ3n) is 2.04. The molecular formula is C9H8F3N. The highest BCUT2D eigenvalue weighted by molar-refractivity contribution is 5.31. The molecule has 1 unspecified atom stereocenters. The predicted octanol–water partition coefficient (Wildman–Crippen LogP) is 2.96. The first-order chi connectivity index (χ1) is 5.95. The lowest BCUT2D eigenvalue weighted by atomic mass is 9.89. The minimum absolute atomic E-state index is 0.220. The third kappa shape index (κ3) is 2.11. The van der Waals surface area contributed by atoms with Crippen LogP contribution in [0.1, 0.15) is 13.3 Å². The summed E-state index contributed by atoms with van der Waals surface area (Å²) < 4.78 is 36.5. The summed E-state index contributed by atoms with van der Waals surface area (Å²) in [6.07, 6.45) is -2.11. The molecule has 0 radical (unpaired) electrons. The zero-order valence-electron chi connectivity index (χ0n) is 7.02. The highest BCUT2D eigenvalue weighted by Gasteiger charge is 2.36. The summed E-state index contributed by atoms with van der Waals surface area (Å²) in [4.78, 5) is 0. The van der Waals surface area contributed by atoms with Gasteiger partial charge in [-0.2, -0.15) is 18.4 Å². The van der Waals surface area contributed by atoms with Crippen LogP contribution in [0.4, 0.5) is 13.2 Å². The Morgan fingerprint density at radius 2 is 2.08 bits per heavy atom. The third-order valence-corrected chi connectivity index (χ3v) is 2.04. The van der Waals surface area contributed by atoms with Gasteiger partial charge in [0.1, 0.15) is 0 Å². The molecular weight excluding hydrogens is 179 g/mol. The van der Waals surface area contributed by atoms with E-state index in [1.54, 1.807) is 6.92 Å². The second-order valence-corrected chi connectivity index (χ2v) is 2.99. The van der Waals surface area contributed by atoms with Gasteiger partial charge in [0.25, 0.3) is 0 Å². The molecule has 0 aromatic rings. The Labute approximate surface area is 74.2 Å². The van der Waals surface area contributed by atoms with E-state index in [0.29, 0.717) is 5.57 Å². The van der Waals surface area contributed by atoms with E-state index in [4.69, 9.17) is 5.26 Å². The van der Waals surface area contributed by atoms with Crippen molar-refractivity contribution in [1.29, 1.82) is 5.26 Å². The van der Waals surface area contributed by atoms with E-state index < -0.39 is 17.7 Å². The van der Waals surface area contributed by atoms with Crippen LogP contribution in [-0.2, 0) is 0 Å². The molecule has 0 saturated carbocycles. The molecule has 0 spiro atoms. The maximum atomic E-state index is 12.2. The molecule has 4 heteroatoms. The second-order valence-electron chi connectivity index (χ2n) is 2.99. The smallest absolute Gasteiger partial charge is 0.198 e. The number of nitrogens with zero attached hydrogens (tertiary/aromatic N) is 1. The maximum absolute atomic E-state index is 12.2. The Morgan fingerprint density at radius 3 is 2.54 bits per heavy atom. The Bertz CT molecular complexity index is 304. The Hall–Kier alpha value is -1.24. The summed E-state index contributed by atoms with van der Waals surface area (Å²) in [5.74, 6) is -0.623. The lowest BCUT2D eigenvalue weighted by Gasteiger charge is -2.18. The minimum Gasteiger partial charge on any atom is -0.198 e. The molecule has 0 bridgehead atoms. The molecule has 0 heterocycles. The van der Waals surface area contributed by atoms with Crippen LogP contribution in [0.2, 0.25) is 0 Å². The Balaban J connectivity index is 2.91. The van der Waals surface area contributed by atoms with Crippen LogP contribution in [-0.4, -0.2) is 6.18 Å². The van der Waals surface area contributed by atoms with Crippen LogP contribution >= 0.6 is 0 Å². The van der Waals surface area contributed by atoms with Gasteiger partial charge in [-0.25, -0.2) is 0 Å². The van der Waals surface area contributed by atoms with Gasteiger partial charge in [0.05, 0.1) is 12.0 Å². The fourth-order valence-corrected chi connectivity index (χ4v) is 1.15. The van der Waals surface area contributed by atoms with Crippen LogP contribution in [0, 0.1) is 17.2 Å². The Kier molecular flexibility index (Phi) is 2.46. The fourth-order valence-electron chi connectivity index (χ4n) is 1.15. The van der Waals surface area contributed by atoms with E-state index in [9.17, 15) is 13.2 Å². The fraction of sp³-hybridized carbons (Fsp3) is 0.444. The number of rotatable bonds is 0. The highest BCUT2D eigenvalue weighted by Crippen LogP contribution is 2.35. The first-order valence-corrected chi connectivity index (χ1v) is 3.79. The van der Waals surface area contributed by atoms with Gasteiger partial charge in [-0.3, -0.25) is 0 Å². The molecule has 1 rings (SSSR count). The number of hydrogen-bond acceptors (Lipinski definition) is 1. The lowest BCUT2D eigenvalue weighted by Crippen LogP contribution is -2.17. The van der Waals surface area contributed by atoms with Crippen molar-refractivity contribution < 1.29 is 13.2 Å². The summed E-state index contributed by atoms with van der Waals surface area (Å²) in [6.45, 7) is 1.66. The SMILES string of the molecule is CC1=CC=C(C(F)(F)F)CC1C#N. The van der Waals surface area contributed by atoms with Crippen LogP contribution in [0.25, 0.3) is 0 Å². The number of halogens is 3. The zero-order chi connectivity index (χ0) is 10.1. The van der Waals surface area contributed by atoms with Gasteiger partial charge in [-0.15, -0.1) is 0 Å². The summed E-state index contributed by atoms with van der Waals surface area (Å²) >= 11 is 0. The van der Waals surface area contributed by atoms with E-state index in [1.165, 1.54) is 6.08 Å². The van der Waals surface area contributed by atoms with Crippen LogP contribution in [0.15, 0.2) is 23.3 Å². The van der Waals surface area contributed by atoms with Gasteiger partial charge in [-0.1, -0.05) is 17.7 Å². The molecule has 1 aliphatic carbocycles. The summed E-state index contributed by atoms with van der Waals surface area (Å²) in [5.41, 5.74) is 0.0696. The van der Waals surface area contributed by atoms with Gasteiger partial charge in [0, 0.05) is 5.57 Å². The first-order valence-electron chi connectivity index (χ1n) is 3.79. The van der Waals surface area contributed by atoms with Crippen molar-refractivity contribution in [1.82, 2.24) is 0 Å². The topological polar surface area (TPSA) is 23.8 Å². The average Bonchev–Trinajstić information content (AvgIpc) is 2.03. The quantitative estimate of drug-likeness (QED) is 0.572. The molecule has 0 amide bonds. The summed E-state index contributed by atoms with van der Waals surface area (Å²) in [7, 11) is 0. The van der Waals surface area contributed by atoms with E-state index >= 15 is 0 Å². The molecule has 1 atom stereocenters. The summed E-state index contributed by atoms with van der Waals surface area (Å²) in [5, 5.41) is 8.56. The first kappa shape index (κ1) is 9.85. The van der Waals surface area contributed by atoms with E-state index in [2.05, 4.69) is 0 Å². The number of hydrogen-bond donors (Lipinski definition) is 0. The molecule has 70 valence electrons. The van der Waals surface area contributed by atoms with Crippen molar-refractivity contribution in [2.75, 3.05) is 0 Å². The average molecular weight is 187 g/mol. The predicted molar refractivity (Wildman–Crippen MR) is 41.6 cm³/mol. The van der Waals surface area contributed by atoms with Crippen molar-refractivity contribution in [2.24, 2.45) is 5.92 Å². The van der Waals surface area contributed by atoms with E-state index in [1.807, 2.05) is 6.07 Å². The molecule has 1 aliphatic rings. The van der Waals surface area contributed by atoms with Crippen molar-refractivity contribution >= 4 is 0 Å². The van der Waals surface area contributed by atoms with E-state index in [0.717, 1.165) is 6.08 Å². The van der Waals surface area contributed by atoms with Crippen LogP contribution in [0.3, 0.4) is 0 Å². The minimum atomic E-state index is -4.30. The van der Waals surface area contributed by atoms with Gasteiger partial charge < -0.3 is 0 Å². The van der Waals surface area contributed by atoms with Crippen molar-refractivity contribution in [2.45, 2.75) is 19.5 Å². The maximum Gasteiger partial charge on any atom is 0.412 e. The Morgan fingerprint density at radius 1 is 1.46 bits per heavy atom. The molecule has 0 aliphatic heterocycles. The highest BCUT2D eigenvalue weighted by atomic mass is 19.4. The molecule has 0 aromatic carbocycles. The van der Waals surface area contributed by atoms with Crippen molar-refractivity contribution in [3.8, 4) is 6.07 Å². The number of allylic oxidation sites excluding steroid dienone is 4. The normalized spacial score (nSPS) is 23.2. The van der Waals surface area contributed by atoms with Crippen molar-refractivity contribution in [3.05, 3.63) is 23.3 Å². The monoisotopic (exact) mass is 187 g/mol. The molecule has 0 N–H and O–H groups in total. The van der Waals surface area contributed by atoms with Gasteiger partial charge in [0.2, 0.25) is 0 Å². The summed E-state index contributed by atoms with van der Waals surface area (Å²) in [6, 6.07) is 1.85. The van der Waals surface area contributed by atoms with Crippen LogP contribution < -0.4 is 0 Å². The molecule has 1 nitrogen and oxygen atoms in total. The van der Waals surface area contributed by atoms with E-state index in [-0.39, 0.29) is 6.42 Å². The number of alkyl halides is 3. The molecule has 13 heavy (non-hydrogen) atoms. The van der Waals surface area contributed by atoms with Gasteiger partial charge >= 0.3 is 6.18 Å². The van der Waals surface area contributed by atoms with Crippen molar-refractivity contribution in [3.63, 3.8) is 0 Å². The molecule has 0 aromatic heterocycles. The largest absolute Gasteiger partial charge is 0.412 e. The second kappa shape index (κ2) is 3.25. The number of nitriles is 1. The van der Waals surface area contributed by atoms with Gasteiger partial charge in [-0.05, 0) is 13.3 Å². The zero-order valence-corrected chi connectivity index (χ0v) is 7.02. The lowest BCUT2D eigenvalue weighted by molar-refractivity contribution is -0.0947. The molecule has 0 fully saturated rings. The standard InChI is InChI=1S/C9H8F3N/c1-6-2-3-8(9(10,11)12)4-7(6)5-13/h2-3,7H,4H2,1H3.